The molecule has 100 valence electrons. The number of hydrazine groups is 1. The van der Waals surface area contributed by atoms with Gasteiger partial charge in [0.15, 0.2) is 0 Å². The van der Waals surface area contributed by atoms with E-state index in [1.165, 1.54) is 5.01 Å². The third-order valence-corrected chi connectivity index (χ3v) is 3.32. The summed E-state index contributed by atoms with van der Waals surface area (Å²) in [6.07, 6.45) is 0. The van der Waals surface area contributed by atoms with E-state index in [2.05, 4.69) is 5.43 Å². The zero-order valence-corrected chi connectivity index (χ0v) is 10.8. The molecule has 3 rings (SSSR count). The monoisotopic (exact) mass is 266 g/mol. The van der Waals surface area contributed by atoms with Crippen LogP contribution < -0.4 is 5.43 Å². The van der Waals surface area contributed by atoms with E-state index in [1.54, 1.807) is 0 Å². The lowest BCUT2D eigenvalue weighted by Gasteiger charge is -2.17. The molecular formula is C16H14N2O2. The van der Waals surface area contributed by atoms with Crippen LogP contribution in [0.4, 0.5) is 0 Å². The normalized spacial score (nSPS) is 18.6. The van der Waals surface area contributed by atoms with Crippen LogP contribution in [0.1, 0.15) is 17.2 Å². The number of nitrogens with zero attached hydrogens (tertiary/aromatic N) is 1. The fourth-order valence-corrected chi connectivity index (χ4v) is 2.28. The van der Waals surface area contributed by atoms with Crippen LogP contribution in [0.5, 0.6) is 0 Å². The molecular weight excluding hydrogens is 252 g/mol. The number of ketones is 1. The van der Waals surface area contributed by atoms with Crippen LogP contribution in [0.15, 0.2) is 60.7 Å². The molecule has 1 amide bonds. The molecule has 4 nitrogen and oxygen atoms in total. The lowest BCUT2D eigenvalue weighted by Crippen LogP contribution is -2.34. The Morgan fingerprint density at radius 3 is 2.15 bits per heavy atom. The molecule has 2 aromatic carbocycles. The van der Waals surface area contributed by atoms with Crippen molar-refractivity contribution < 1.29 is 9.59 Å². The molecule has 1 saturated heterocycles. The second-order valence-electron chi connectivity index (χ2n) is 4.71. The van der Waals surface area contributed by atoms with Crippen LogP contribution in [0.25, 0.3) is 0 Å². The Hall–Kier alpha value is -2.46. The van der Waals surface area contributed by atoms with Crippen molar-refractivity contribution >= 4 is 11.7 Å². The molecule has 1 N–H and O–H groups in total. The largest absolute Gasteiger partial charge is 0.306 e. The standard InChI is InChI=1S/C16H14N2O2/c19-15-14(13-9-5-2-6-10-13)17-18(16(15)20)11-12-7-3-1-4-8-12/h1-10,14,17H,11H2. The predicted molar refractivity (Wildman–Crippen MR) is 74.3 cm³/mol. The average Bonchev–Trinajstić information content (AvgIpc) is 2.78. The van der Waals surface area contributed by atoms with Crippen LogP contribution in [0, 0.1) is 0 Å². The first-order chi connectivity index (χ1) is 9.75. The van der Waals surface area contributed by atoms with Gasteiger partial charge < -0.3 is 0 Å². The molecule has 0 radical (unpaired) electrons. The molecule has 2 aromatic rings. The van der Waals surface area contributed by atoms with Crippen molar-refractivity contribution in [3.8, 4) is 0 Å². The lowest BCUT2D eigenvalue weighted by molar-refractivity contribution is -0.141. The summed E-state index contributed by atoms with van der Waals surface area (Å²) in [5.41, 5.74) is 4.78. The van der Waals surface area contributed by atoms with Crippen molar-refractivity contribution in [2.75, 3.05) is 0 Å². The molecule has 0 saturated carbocycles. The lowest BCUT2D eigenvalue weighted by atomic mass is 10.0. The molecule has 1 atom stereocenters. The third-order valence-electron chi connectivity index (χ3n) is 3.32. The van der Waals surface area contributed by atoms with E-state index in [1.807, 2.05) is 60.7 Å². The fraction of sp³-hybridized carbons (Fsp3) is 0.125. The Morgan fingerprint density at radius 1 is 0.900 bits per heavy atom. The number of Topliss-reactive ketones (excluding diaryl/α,β-unsaturated/α-hetero) is 1. The van der Waals surface area contributed by atoms with E-state index in [4.69, 9.17) is 0 Å². The molecule has 0 aliphatic carbocycles. The Balaban J connectivity index is 1.79. The molecule has 0 bridgehead atoms. The summed E-state index contributed by atoms with van der Waals surface area (Å²) < 4.78 is 0. The number of benzene rings is 2. The summed E-state index contributed by atoms with van der Waals surface area (Å²) in [7, 11) is 0. The van der Waals surface area contributed by atoms with Crippen molar-refractivity contribution in [2.24, 2.45) is 0 Å². The van der Waals surface area contributed by atoms with Gasteiger partial charge in [-0.1, -0.05) is 60.7 Å². The molecule has 20 heavy (non-hydrogen) atoms. The van der Waals surface area contributed by atoms with Gasteiger partial charge in [-0.25, -0.2) is 5.43 Å². The molecule has 1 fully saturated rings. The van der Waals surface area contributed by atoms with Crippen LogP contribution in [0.3, 0.4) is 0 Å². The van der Waals surface area contributed by atoms with Crippen LogP contribution in [0.2, 0.25) is 0 Å². The molecule has 1 unspecified atom stereocenters. The highest BCUT2D eigenvalue weighted by atomic mass is 16.2. The molecule has 1 aliphatic rings. The van der Waals surface area contributed by atoms with E-state index in [0.29, 0.717) is 6.54 Å². The third kappa shape index (κ3) is 2.33. The molecule has 4 heteroatoms. The highest BCUT2D eigenvalue weighted by Crippen LogP contribution is 2.21. The maximum atomic E-state index is 12.1. The number of nitrogens with one attached hydrogen (secondary N) is 1. The highest BCUT2D eigenvalue weighted by molar-refractivity contribution is 6.39. The topological polar surface area (TPSA) is 49.4 Å². The van der Waals surface area contributed by atoms with Gasteiger partial charge >= 0.3 is 5.91 Å². The average molecular weight is 266 g/mol. The van der Waals surface area contributed by atoms with E-state index in [9.17, 15) is 9.59 Å². The minimum atomic E-state index is -0.576. The first-order valence-electron chi connectivity index (χ1n) is 6.46. The molecule has 1 heterocycles. The van der Waals surface area contributed by atoms with E-state index >= 15 is 0 Å². The number of hydrogen-bond donors (Lipinski definition) is 1. The van der Waals surface area contributed by atoms with Gasteiger partial charge in [-0.05, 0) is 11.1 Å². The summed E-state index contributed by atoms with van der Waals surface area (Å²) in [5, 5.41) is 1.38. The van der Waals surface area contributed by atoms with Crippen molar-refractivity contribution in [3.63, 3.8) is 0 Å². The maximum absolute atomic E-state index is 12.1. The second-order valence-corrected chi connectivity index (χ2v) is 4.71. The number of carbonyl (C=O) groups is 2. The predicted octanol–water partition coefficient (Wildman–Crippen LogP) is 1.84. The highest BCUT2D eigenvalue weighted by Gasteiger charge is 2.39. The maximum Gasteiger partial charge on any atom is 0.306 e. The summed E-state index contributed by atoms with van der Waals surface area (Å²) in [4.78, 5) is 24.1. The summed E-state index contributed by atoms with van der Waals surface area (Å²) in [5.74, 6) is -0.894. The van der Waals surface area contributed by atoms with Crippen LogP contribution >= 0.6 is 0 Å². The minimum Gasteiger partial charge on any atom is -0.286 e. The quantitative estimate of drug-likeness (QED) is 0.862. The van der Waals surface area contributed by atoms with Gasteiger partial charge in [0.1, 0.15) is 6.04 Å². The van der Waals surface area contributed by atoms with E-state index < -0.39 is 17.7 Å². The van der Waals surface area contributed by atoms with E-state index in [-0.39, 0.29) is 0 Å². The zero-order valence-electron chi connectivity index (χ0n) is 10.8. The minimum absolute atomic E-state index is 0.384. The Kier molecular flexibility index (Phi) is 3.31. The van der Waals surface area contributed by atoms with Crippen molar-refractivity contribution in [1.29, 1.82) is 0 Å². The van der Waals surface area contributed by atoms with Gasteiger partial charge in [0, 0.05) is 0 Å². The zero-order chi connectivity index (χ0) is 13.9. The number of rotatable bonds is 3. The second kappa shape index (κ2) is 5.27. The molecule has 1 aliphatic heterocycles. The van der Waals surface area contributed by atoms with Crippen molar-refractivity contribution in [2.45, 2.75) is 12.6 Å². The molecule has 0 spiro atoms. The van der Waals surface area contributed by atoms with Gasteiger partial charge in [0.05, 0.1) is 6.54 Å². The number of amides is 1. The first-order valence-corrected chi connectivity index (χ1v) is 6.46. The Labute approximate surface area is 117 Å². The van der Waals surface area contributed by atoms with Gasteiger partial charge in [-0.3, -0.25) is 14.6 Å². The number of hydrogen-bond acceptors (Lipinski definition) is 3. The smallest absolute Gasteiger partial charge is 0.286 e. The Bertz CT molecular complexity index is 625. The summed E-state index contributed by atoms with van der Waals surface area (Å²) in [6.45, 7) is 0.384. The van der Waals surface area contributed by atoms with Crippen LogP contribution in [-0.4, -0.2) is 16.7 Å². The van der Waals surface area contributed by atoms with Gasteiger partial charge in [-0.15, -0.1) is 0 Å². The molecule has 0 aromatic heterocycles. The summed E-state index contributed by atoms with van der Waals surface area (Å²) >= 11 is 0. The van der Waals surface area contributed by atoms with Gasteiger partial charge in [0.2, 0.25) is 5.78 Å². The number of carbonyl (C=O) groups excluding carboxylic acids is 2. The fourth-order valence-electron chi connectivity index (χ4n) is 2.28. The van der Waals surface area contributed by atoms with Gasteiger partial charge in [-0.2, -0.15) is 0 Å². The van der Waals surface area contributed by atoms with Crippen molar-refractivity contribution in [3.05, 3.63) is 71.8 Å². The van der Waals surface area contributed by atoms with E-state index in [0.717, 1.165) is 11.1 Å². The van der Waals surface area contributed by atoms with Crippen molar-refractivity contribution in [1.82, 2.24) is 10.4 Å². The summed E-state index contributed by atoms with van der Waals surface area (Å²) in [6, 6.07) is 18.3. The van der Waals surface area contributed by atoms with Crippen LogP contribution in [-0.2, 0) is 16.1 Å². The first kappa shape index (κ1) is 12.6. The Morgan fingerprint density at radius 2 is 1.50 bits per heavy atom. The van der Waals surface area contributed by atoms with Gasteiger partial charge in [0.25, 0.3) is 0 Å². The SMILES string of the molecule is O=C1C(=O)N(Cc2ccccc2)NC1c1ccccc1.